The lowest BCUT2D eigenvalue weighted by Gasteiger charge is -2.34. The van der Waals surface area contributed by atoms with Crippen molar-refractivity contribution in [2.24, 2.45) is 0 Å². The number of hydrogen-bond donors (Lipinski definition) is 0. The van der Waals surface area contributed by atoms with Crippen LogP contribution in [-0.2, 0) is 30.9 Å². The minimum absolute atomic E-state index is 0.0359. The van der Waals surface area contributed by atoms with Crippen LogP contribution < -0.4 is 0 Å². The summed E-state index contributed by atoms with van der Waals surface area (Å²) in [7, 11) is 0. The summed E-state index contributed by atoms with van der Waals surface area (Å²) >= 11 is 0. The normalized spacial score (nSPS) is 17.8. The smallest absolute Gasteiger partial charge is 0.272 e. The van der Waals surface area contributed by atoms with Crippen LogP contribution in [0.5, 0.6) is 0 Å². The van der Waals surface area contributed by atoms with Crippen molar-refractivity contribution in [1.29, 1.82) is 0 Å². The molecule has 0 aliphatic carbocycles. The molecule has 0 radical (unpaired) electrons. The summed E-state index contributed by atoms with van der Waals surface area (Å²) in [4.78, 5) is 21.3. The zero-order valence-corrected chi connectivity index (χ0v) is 16.1. The molecule has 0 saturated carbocycles. The maximum Gasteiger partial charge on any atom is 0.272 e. The second-order valence-corrected chi connectivity index (χ2v) is 7.23. The molecular formula is C20H27N5O2. The fraction of sp³-hybridized carbons (Fsp3) is 0.550. The lowest BCUT2D eigenvalue weighted by molar-refractivity contribution is 0.0618. The van der Waals surface area contributed by atoms with Crippen LogP contribution in [0.2, 0.25) is 0 Å². The average molecular weight is 369 g/mol. The van der Waals surface area contributed by atoms with Crippen LogP contribution in [0.25, 0.3) is 0 Å². The van der Waals surface area contributed by atoms with Gasteiger partial charge in [0, 0.05) is 63.1 Å². The van der Waals surface area contributed by atoms with E-state index in [-0.39, 0.29) is 5.91 Å². The van der Waals surface area contributed by atoms with Crippen LogP contribution in [0.3, 0.4) is 0 Å². The van der Waals surface area contributed by atoms with Crippen LogP contribution in [-0.4, -0.2) is 63.3 Å². The summed E-state index contributed by atoms with van der Waals surface area (Å²) in [5.74, 6) is 0.0359. The number of fused-ring (bicyclic) bond motifs is 1. The number of aryl methyl sites for hydroxylation is 2. The van der Waals surface area contributed by atoms with E-state index in [1.807, 2.05) is 24.0 Å². The Morgan fingerprint density at radius 1 is 1.26 bits per heavy atom. The second-order valence-electron chi connectivity index (χ2n) is 7.23. The molecule has 27 heavy (non-hydrogen) atoms. The maximum atomic E-state index is 12.7. The Kier molecular flexibility index (Phi) is 5.22. The van der Waals surface area contributed by atoms with Gasteiger partial charge in [-0.3, -0.25) is 19.4 Å². The molecule has 7 nitrogen and oxygen atoms in total. The Balaban J connectivity index is 1.40. The standard InChI is InChI=1S/C20H27N5O2/c1-3-25-18-6-12-27-14-16(18)17(22-25)13-23-8-10-24(11-9-23)20(26)19-15(2)5-4-7-21-19/h4-5,7H,3,6,8-14H2,1-2H3. The molecule has 0 atom stereocenters. The van der Waals surface area contributed by atoms with Gasteiger partial charge < -0.3 is 9.64 Å². The minimum atomic E-state index is 0.0359. The number of pyridine rings is 1. The molecule has 0 bridgehead atoms. The Morgan fingerprint density at radius 2 is 2.07 bits per heavy atom. The predicted molar refractivity (Wildman–Crippen MR) is 101 cm³/mol. The third-order valence-electron chi connectivity index (χ3n) is 5.52. The molecule has 4 rings (SSSR count). The SMILES string of the molecule is CCn1nc(CN2CCN(C(=O)c3ncccc3C)CC2)c2c1CCOC2. The highest BCUT2D eigenvalue weighted by Gasteiger charge is 2.26. The molecule has 0 unspecified atom stereocenters. The second kappa shape index (κ2) is 7.78. The van der Waals surface area contributed by atoms with Gasteiger partial charge in [-0.1, -0.05) is 6.07 Å². The van der Waals surface area contributed by atoms with Gasteiger partial charge in [0.2, 0.25) is 0 Å². The molecule has 0 aromatic carbocycles. The largest absolute Gasteiger partial charge is 0.376 e. The fourth-order valence-corrected chi connectivity index (χ4v) is 3.95. The number of hydrogen-bond acceptors (Lipinski definition) is 5. The topological polar surface area (TPSA) is 63.5 Å². The van der Waals surface area contributed by atoms with Gasteiger partial charge in [-0.2, -0.15) is 5.10 Å². The van der Waals surface area contributed by atoms with Gasteiger partial charge in [0.15, 0.2) is 0 Å². The summed E-state index contributed by atoms with van der Waals surface area (Å²) in [5, 5.41) is 4.82. The van der Waals surface area contributed by atoms with Gasteiger partial charge in [-0.15, -0.1) is 0 Å². The highest BCUT2D eigenvalue weighted by Crippen LogP contribution is 2.22. The molecule has 0 spiro atoms. The lowest BCUT2D eigenvalue weighted by Crippen LogP contribution is -2.48. The molecule has 2 aromatic heterocycles. The summed E-state index contributed by atoms with van der Waals surface area (Å²) in [6.07, 6.45) is 2.63. The first-order valence-corrected chi connectivity index (χ1v) is 9.75. The summed E-state index contributed by atoms with van der Waals surface area (Å²) in [6, 6.07) is 3.80. The third-order valence-corrected chi connectivity index (χ3v) is 5.52. The molecule has 1 fully saturated rings. The maximum absolute atomic E-state index is 12.7. The zero-order chi connectivity index (χ0) is 18.8. The lowest BCUT2D eigenvalue weighted by atomic mass is 10.1. The van der Waals surface area contributed by atoms with Crippen molar-refractivity contribution in [3.8, 4) is 0 Å². The van der Waals surface area contributed by atoms with Crippen molar-refractivity contribution in [1.82, 2.24) is 24.6 Å². The first-order chi connectivity index (χ1) is 13.2. The zero-order valence-electron chi connectivity index (χ0n) is 16.1. The van der Waals surface area contributed by atoms with Gasteiger partial charge in [-0.05, 0) is 25.5 Å². The fourth-order valence-electron chi connectivity index (χ4n) is 3.95. The molecule has 2 aliphatic rings. The minimum Gasteiger partial charge on any atom is -0.376 e. The van der Waals surface area contributed by atoms with E-state index in [9.17, 15) is 4.79 Å². The van der Waals surface area contributed by atoms with Gasteiger partial charge in [0.05, 0.1) is 18.9 Å². The number of piperazine rings is 1. The van der Waals surface area contributed by atoms with E-state index in [0.717, 1.165) is 63.6 Å². The Hall–Kier alpha value is -2.25. The number of rotatable bonds is 4. The molecule has 1 saturated heterocycles. The van der Waals surface area contributed by atoms with Crippen molar-refractivity contribution in [2.75, 3.05) is 32.8 Å². The van der Waals surface area contributed by atoms with Crippen molar-refractivity contribution >= 4 is 5.91 Å². The van der Waals surface area contributed by atoms with Gasteiger partial charge in [0.25, 0.3) is 5.91 Å². The number of ether oxygens (including phenoxy) is 1. The van der Waals surface area contributed by atoms with Crippen LogP contribution in [0.15, 0.2) is 18.3 Å². The van der Waals surface area contributed by atoms with Gasteiger partial charge >= 0.3 is 0 Å². The van der Waals surface area contributed by atoms with Crippen LogP contribution >= 0.6 is 0 Å². The van der Waals surface area contributed by atoms with Crippen LogP contribution in [0.4, 0.5) is 0 Å². The van der Waals surface area contributed by atoms with Crippen LogP contribution in [0.1, 0.15) is 39.9 Å². The molecule has 7 heteroatoms. The number of nitrogens with zero attached hydrogens (tertiary/aromatic N) is 5. The quantitative estimate of drug-likeness (QED) is 0.820. The van der Waals surface area contributed by atoms with Crippen molar-refractivity contribution in [2.45, 2.75) is 40.0 Å². The monoisotopic (exact) mass is 369 g/mol. The van der Waals surface area contributed by atoms with Crippen molar-refractivity contribution in [3.63, 3.8) is 0 Å². The molecule has 2 aliphatic heterocycles. The van der Waals surface area contributed by atoms with E-state index < -0.39 is 0 Å². The average Bonchev–Trinajstić information content (AvgIpc) is 3.06. The van der Waals surface area contributed by atoms with Crippen molar-refractivity contribution in [3.05, 3.63) is 46.5 Å². The molecule has 144 valence electrons. The Bertz CT molecular complexity index is 824. The predicted octanol–water partition coefficient (Wildman–Crippen LogP) is 1.64. The summed E-state index contributed by atoms with van der Waals surface area (Å²) < 4.78 is 7.78. The summed E-state index contributed by atoms with van der Waals surface area (Å²) in [5.41, 5.74) is 5.23. The van der Waals surface area contributed by atoms with E-state index >= 15 is 0 Å². The molecule has 0 N–H and O–H groups in total. The van der Waals surface area contributed by atoms with Gasteiger partial charge in [-0.25, -0.2) is 0 Å². The number of aromatic nitrogens is 3. The number of carbonyl (C=O) groups is 1. The van der Waals surface area contributed by atoms with Crippen molar-refractivity contribution < 1.29 is 9.53 Å². The molecule has 1 amide bonds. The molecule has 4 heterocycles. The van der Waals surface area contributed by atoms with E-state index in [4.69, 9.17) is 9.84 Å². The third kappa shape index (κ3) is 3.61. The first kappa shape index (κ1) is 18.1. The summed E-state index contributed by atoms with van der Waals surface area (Å²) in [6.45, 7) is 10.4. The van der Waals surface area contributed by atoms with E-state index in [1.54, 1.807) is 6.20 Å². The Labute approximate surface area is 159 Å². The Morgan fingerprint density at radius 3 is 2.81 bits per heavy atom. The molecular weight excluding hydrogens is 342 g/mol. The highest BCUT2D eigenvalue weighted by molar-refractivity contribution is 5.93. The number of carbonyl (C=O) groups excluding carboxylic acids is 1. The number of amides is 1. The highest BCUT2D eigenvalue weighted by atomic mass is 16.5. The van der Waals surface area contributed by atoms with E-state index in [0.29, 0.717) is 12.3 Å². The van der Waals surface area contributed by atoms with E-state index in [2.05, 4.69) is 21.5 Å². The van der Waals surface area contributed by atoms with E-state index in [1.165, 1.54) is 11.3 Å². The first-order valence-electron chi connectivity index (χ1n) is 9.75. The molecule has 2 aromatic rings. The van der Waals surface area contributed by atoms with Crippen LogP contribution in [0, 0.1) is 6.92 Å². The van der Waals surface area contributed by atoms with Gasteiger partial charge in [0.1, 0.15) is 5.69 Å².